The Kier molecular flexibility index (Phi) is 8.27. The van der Waals surface area contributed by atoms with Crippen LogP contribution in [0.3, 0.4) is 0 Å². The SMILES string of the molecule is CC(C)(C)OC(=O)N1CC(N2[C@@H]3CC[C@H]2CC(c2ccc4c(c2)N(C(=O)OC(C)(C)C)c2nccc(N5CCOCC5)c2CO4)C3)C1. The van der Waals surface area contributed by atoms with Crippen LogP contribution in [0.5, 0.6) is 5.75 Å². The molecule has 0 N–H and O–H groups in total. The minimum absolute atomic E-state index is 0.217. The van der Waals surface area contributed by atoms with Gasteiger partial charge in [0.15, 0.2) is 5.82 Å². The Morgan fingerprint density at radius 2 is 1.51 bits per heavy atom. The topological polar surface area (TPSA) is 96.9 Å². The number of likely N-dealkylation sites (tertiary alicyclic amines) is 1. The monoisotopic (exact) mass is 647 g/mol. The van der Waals surface area contributed by atoms with E-state index in [2.05, 4.69) is 21.9 Å². The summed E-state index contributed by atoms with van der Waals surface area (Å²) in [4.78, 5) is 39.8. The highest BCUT2D eigenvalue weighted by Crippen LogP contribution is 2.48. The summed E-state index contributed by atoms with van der Waals surface area (Å²) in [6.07, 6.45) is 5.51. The van der Waals surface area contributed by atoms with E-state index in [1.165, 1.54) is 18.4 Å². The van der Waals surface area contributed by atoms with Crippen LogP contribution < -0.4 is 14.5 Å². The van der Waals surface area contributed by atoms with Crippen molar-refractivity contribution in [2.45, 2.75) is 109 Å². The average molecular weight is 648 g/mol. The molecule has 1 aromatic heterocycles. The van der Waals surface area contributed by atoms with E-state index in [9.17, 15) is 9.59 Å². The Labute approximate surface area is 278 Å². The second-order valence-corrected chi connectivity index (χ2v) is 15.6. The molecule has 2 amide bonds. The molecule has 11 heteroatoms. The van der Waals surface area contributed by atoms with E-state index in [1.54, 1.807) is 11.1 Å². The molecule has 0 radical (unpaired) electrons. The van der Waals surface area contributed by atoms with Gasteiger partial charge in [0.1, 0.15) is 23.6 Å². The van der Waals surface area contributed by atoms with Crippen molar-refractivity contribution in [2.24, 2.45) is 0 Å². The van der Waals surface area contributed by atoms with Crippen molar-refractivity contribution in [2.75, 3.05) is 49.2 Å². The molecule has 11 nitrogen and oxygen atoms in total. The molecule has 7 rings (SSSR count). The van der Waals surface area contributed by atoms with Crippen LogP contribution in [-0.2, 0) is 20.8 Å². The largest absolute Gasteiger partial charge is 0.486 e. The molecule has 0 aliphatic carbocycles. The number of anilines is 3. The number of amides is 2. The first-order valence-corrected chi connectivity index (χ1v) is 17.2. The van der Waals surface area contributed by atoms with Gasteiger partial charge in [0.2, 0.25) is 0 Å². The van der Waals surface area contributed by atoms with Gasteiger partial charge in [-0.25, -0.2) is 19.5 Å². The smallest absolute Gasteiger partial charge is 0.420 e. The molecular formula is C36H49N5O6. The van der Waals surface area contributed by atoms with E-state index in [0.29, 0.717) is 61.1 Å². The first-order valence-electron chi connectivity index (χ1n) is 17.2. The van der Waals surface area contributed by atoms with Crippen molar-refractivity contribution < 1.29 is 28.5 Å². The number of aromatic nitrogens is 1. The third-order valence-electron chi connectivity index (χ3n) is 9.94. The number of carbonyl (C=O) groups excluding carboxylic acids is 2. The molecule has 5 aliphatic heterocycles. The van der Waals surface area contributed by atoms with E-state index >= 15 is 0 Å². The van der Waals surface area contributed by atoms with Crippen molar-refractivity contribution in [3.63, 3.8) is 0 Å². The van der Waals surface area contributed by atoms with E-state index in [-0.39, 0.29) is 6.09 Å². The number of carbonyl (C=O) groups is 2. The van der Waals surface area contributed by atoms with E-state index < -0.39 is 17.3 Å². The fraction of sp³-hybridized carbons (Fsp3) is 0.639. The zero-order valence-corrected chi connectivity index (χ0v) is 28.7. The summed E-state index contributed by atoms with van der Waals surface area (Å²) >= 11 is 0. The van der Waals surface area contributed by atoms with E-state index in [1.807, 2.05) is 58.6 Å². The molecule has 1 unspecified atom stereocenters. The van der Waals surface area contributed by atoms with Crippen LogP contribution in [0, 0.1) is 0 Å². The van der Waals surface area contributed by atoms with Crippen molar-refractivity contribution in [1.82, 2.24) is 14.8 Å². The lowest BCUT2D eigenvalue weighted by Gasteiger charge is -2.51. The molecule has 2 bridgehead atoms. The third-order valence-corrected chi connectivity index (χ3v) is 9.94. The highest BCUT2D eigenvalue weighted by Gasteiger charge is 2.49. The number of hydrogen-bond donors (Lipinski definition) is 0. The average Bonchev–Trinajstić information content (AvgIpc) is 3.13. The highest BCUT2D eigenvalue weighted by molar-refractivity contribution is 5.99. The van der Waals surface area contributed by atoms with Gasteiger partial charge in [-0.15, -0.1) is 0 Å². The van der Waals surface area contributed by atoms with Crippen LogP contribution in [0.1, 0.15) is 84.3 Å². The van der Waals surface area contributed by atoms with Crippen molar-refractivity contribution in [3.8, 4) is 5.75 Å². The number of piperidine rings is 1. The van der Waals surface area contributed by atoms with Crippen LogP contribution in [0.4, 0.5) is 26.8 Å². The maximum Gasteiger partial charge on any atom is 0.420 e. The molecule has 2 aromatic rings. The molecule has 4 fully saturated rings. The van der Waals surface area contributed by atoms with Gasteiger partial charge in [-0.3, -0.25) is 4.90 Å². The molecule has 1 aromatic carbocycles. The Hall–Kier alpha value is -3.57. The number of rotatable bonds is 3. The fourth-order valence-electron chi connectivity index (χ4n) is 7.95. The normalized spacial score (nSPS) is 24.9. The molecule has 254 valence electrons. The summed E-state index contributed by atoms with van der Waals surface area (Å²) in [5.74, 6) is 1.54. The molecule has 6 heterocycles. The first kappa shape index (κ1) is 32.0. The lowest BCUT2D eigenvalue weighted by atomic mass is 9.83. The lowest BCUT2D eigenvalue weighted by molar-refractivity contribution is -0.0366. The summed E-state index contributed by atoms with van der Waals surface area (Å²) in [6, 6.07) is 9.64. The van der Waals surface area contributed by atoms with Gasteiger partial charge in [0.25, 0.3) is 0 Å². The van der Waals surface area contributed by atoms with Crippen molar-refractivity contribution in [1.29, 1.82) is 0 Å². The minimum atomic E-state index is -0.684. The van der Waals surface area contributed by atoms with Gasteiger partial charge in [-0.2, -0.15) is 0 Å². The molecular weight excluding hydrogens is 598 g/mol. The van der Waals surface area contributed by atoms with Crippen molar-refractivity contribution >= 4 is 29.4 Å². The number of nitrogens with zero attached hydrogens (tertiary/aromatic N) is 5. The predicted molar refractivity (Wildman–Crippen MR) is 179 cm³/mol. The minimum Gasteiger partial charge on any atom is -0.486 e. The Morgan fingerprint density at radius 3 is 2.17 bits per heavy atom. The molecule has 0 saturated carbocycles. The van der Waals surface area contributed by atoms with Crippen LogP contribution >= 0.6 is 0 Å². The number of morpholine rings is 1. The van der Waals surface area contributed by atoms with Crippen molar-refractivity contribution in [3.05, 3.63) is 41.6 Å². The zero-order chi connectivity index (χ0) is 33.1. The number of pyridine rings is 1. The number of benzene rings is 1. The standard InChI is InChI=1S/C36H49N5O6/c1-35(2,3)46-33(42)39-20-27(21-39)40-25-8-9-26(40)18-24(17-25)23-7-10-31-30(19-23)41(34(43)47-36(4,5)6)32-28(22-45-31)29(11-12-37-32)38-13-15-44-16-14-38/h7,10-12,19,24-27H,8-9,13-18,20-22H2,1-6H3/t24?,25-,26+. The predicted octanol–water partition coefficient (Wildman–Crippen LogP) is 6.21. The van der Waals surface area contributed by atoms with E-state index in [4.69, 9.17) is 23.9 Å². The van der Waals surface area contributed by atoms with Gasteiger partial charge < -0.3 is 28.7 Å². The van der Waals surface area contributed by atoms with E-state index in [0.717, 1.165) is 50.3 Å². The molecule has 47 heavy (non-hydrogen) atoms. The summed E-state index contributed by atoms with van der Waals surface area (Å²) in [5, 5.41) is 0. The second-order valence-electron chi connectivity index (χ2n) is 15.6. The van der Waals surface area contributed by atoms with Gasteiger partial charge in [0, 0.05) is 56.2 Å². The quantitative estimate of drug-likeness (QED) is 0.385. The van der Waals surface area contributed by atoms with Crippen LogP contribution in [-0.4, -0.2) is 95.7 Å². The third kappa shape index (κ3) is 6.48. The number of fused-ring (bicyclic) bond motifs is 4. The Bertz CT molecular complexity index is 1490. The summed E-state index contributed by atoms with van der Waals surface area (Å²) in [7, 11) is 0. The Morgan fingerprint density at radius 1 is 0.851 bits per heavy atom. The van der Waals surface area contributed by atoms with Gasteiger partial charge in [-0.05, 0) is 96.9 Å². The zero-order valence-electron chi connectivity index (χ0n) is 28.7. The Balaban J connectivity index is 1.14. The lowest BCUT2D eigenvalue weighted by Crippen LogP contribution is -2.65. The van der Waals surface area contributed by atoms with Gasteiger partial charge >= 0.3 is 12.2 Å². The maximum absolute atomic E-state index is 14.0. The number of hydrogen-bond acceptors (Lipinski definition) is 9. The first-order chi connectivity index (χ1) is 22.3. The van der Waals surface area contributed by atoms with Gasteiger partial charge in [-0.1, -0.05) is 6.07 Å². The van der Waals surface area contributed by atoms with Crippen LogP contribution in [0.2, 0.25) is 0 Å². The fourth-order valence-corrected chi connectivity index (χ4v) is 7.95. The van der Waals surface area contributed by atoms with Gasteiger partial charge in [0.05, 0.1) is 24.5 Å². The summed E-state index contributed by atoms with van der Waals surface area (Å²) in [6.45, 7) is 16.0. The van der Waals surface area contributed by atoms with Crippen LogP contribution in [0.15, 0.2) is 30.5 Å². The highest BCUT2D eigenvalue weighted by atomic mass is 16.6. The van der Waals surface area contributed by atoms with Crippen LogP contribution in [0.25, 0.3) is 0 Å². The maximum atomic E-state index is 14.0. The molecule has 4 saturated heterocycles. The molecule has 3 atom stereocenters. The summed E-state index contributed by atoms with van der Waals surface area (Å²) < 4.78 is 23.6. The molecule has 0 spiro atoms. The summed E-state index contributed by atoms with van der Waals surface area (Å²) in [5.41, 5.74) is 2.57. The molecule has 5 aliphatic rings. The number of ether oxygens (including phenoxy) is 4. The second kappa shape index (κ2) is 12.1.